The maximum Gasteiger partial charge on any atom is 0.238 e. The van der Waals surface area contributed by atoms with E-state index in [9.17, 15) is 14.7 Å². The first kappa shape index (κ1) is 26.7. The minimum absolute atomic E-state index is 0.0444. The monoisotopic (exact) mass is 562 g/mol. The summed E-state index contributed by atoms with van der Waals surface area (Å²) < 4.78 is 0. The molecule has 0 saturated heterocycles. The van der Waals surface area contributed by atoms with Gasteiger partial charge in [-0.1, -0.05) is 27.7 Å². The van der Waals surface area contributed by atoms with Crippen LogP contribution in [-0.2, 0) is 20.4 Å². The third-order valence-electron chi connectivity index (χ3n) is 10.9. The Labute approximate surface area is 245 Å². The number of aromatic amines is 1. The number of benzene rings is 2. The van der Waals surface area contributed by atoms with Crippen LogP contribution in [0.5, 0.6) is 0 Å². The summed E-state index contributed by atoms with van der Waals surface area (Å²) in [7, 11) is 0. The summed E-state index contributed by atoms with van der Waals surface area (Å²) in [6.45, 7) is 19.3. The second kappa shape index (κ2) is 8.46. The lowest BCUT2D eigenvalue weighted by Crippen LogP contribution is -2.38. The van der Waals surface area contributed by atoms with Crippen molar-refractivity contribution in [2.75, 3.05) is 22.9 Å². The van der Waals surface area contributed by atoms with E-state index in [4.69, 9.17) is 0 Å². The number of aromatic nitrogens is 1. The maximum absolute atomic E-state index is 13.9. The Kier molecular flexibility index (Phi) is 5.39. The molecular formula is C35H38N4O3. The molecule has 0 amide bonds. The van der Waals surface area contributed by atoms with E-state index >= 15 is 0 Å². The Morgan fingerprint density at radius 2 is 1.50 bits per heavy atom. The van der Waals surface area contributed by atoms with Crippen LogP contribution in [0.4, 0.5) is 11.4 Å². The van der Waals surface area contributed by atoms with Crippen LogP contribution in [0.25, 0.3) is 28.1 Å². The van der Waals surface area contributed by atoms with Crippen LogP contribution in [0.1, 0.15) is 77.6 Å². The van der Waals surface area contributed by atoms with Crippen LogP contribution in [0, 0.1) is 0 Å². The van der Waals surface area contributed by atoms with Crippen molar-refractivity contribution >= 4 is 51.1 Å². The molecule has 7 nitrogen and oxygen atoms in total. The number of allylic oxidation sites excluding steroid dienone is 2. The van der Waals surface area contributed by atoms with Gasteiger partial charge in [-0.25, -0.2) is 0 Å². The van der Waals surface area contributed by atoms with Crippen LogP contribution < -0.4 is 20.4 Å². The maximum atomic E-state index is 13.9. The number of hydrogen-bond donors (Lipinski definition) is 2. The van der Waals surface area contributed by atoms with Crippen molar-refractivity contribution in [1.82, 2.24) is 4.98 Å². The Morgan fingerprint density at radius 1 is 0.905 bits per heavy atom. The molecular weight excluding hydrogens is 524 g/mol. The molecule has 42 heavy (non-hydrogen) atoms. The second-order valence-corrected chi connectivity index (χ2v) is 13.2. The summed E-state index contributed by atoms with van der Waals surface area (Å²) in [4.78, 5) is 40.5. The van der Waals surface area contributed by atoms with Gasteiger partial charge in [0.2, 0.25) is 11.6 Å². The fraction of sp³-hybridized carbons (Fsp3) is 0.400. The average Bonchev–Trinajstić information content (AvgIpc) is 3.74. The molecule has 216 valence electrons. The molecule has 7 heteroatoms. The van der Waals surface area contributed by atoms with Gasteiger partial charge in [0.25, 0.3) is 0 Å². The van der Waals surface area contributed by atoms with E-state index in [-0.39, 0.29) is 39.8 Å². The lowest BCUT2D eigenvalue weighted by atomic mass is 9.79. The average molecular weight is 563 g/mol. The number of H-pyrrole nitrogens is 1. The van der Waals surface area contributed by atoms with Crippen molar-refractivity contribution in [1.29, 1.82) is 0 Å². The number of anilines is 2. The van der Waals surface area contributed by atoms with Crippen molar-refractivity contribution < 1.29 is 14.7 Å². The molecule has 2 N–H and O–H groups in total. The third kappa shape index (κ3) is 3.04. The number of fused-ring (bicyclic) bond motifs is 6. The van der Waals surface area contributed by atoms with Gasteiger partial charge in [-0.15, -0.1) is 0 Å². The fourth-order valence-electron chi connectivity index (χ4n) is 7.92. The highest BCUT2D eigenvalue weighted by Crippen LogP contribution is 2.51. The number of aliphatic hydroxyl groups is 1. The van der Waals surface area contributed by atoms with Crippen molar-refractivity contribution in [2.24, 2.45) is 4.99 Å². The number of carbonyl (C=O) groups is 2. The van der Waals surface area contributed by atoms with Crippen LogP contribution in [0.2, 0.25) is 0 Å². The van der Waals surface area contributed by atoms with E-state index in [1.165, 1.54) is 0 Å². The fourth-order valence-corrected chi connectivity index (χ4v) is 7.92. The Bertz CT molecular complexity index is 1960. The molecule has 0 saturated carbocycles. The van der Waals surface area contributed by atoms with E-state index < -0.39 is 11.6 Å². The molecule has 2 atom stereocenters. The number of hydrogen-bond acceptors (Lipinski definition) is 6. The molecule has 0 spiro atoms. The van der Waals surface area contributed by atoms with E-state index in [1.54, 1.807) is 6.20 Å². The molecule has 7 rings (SSSR count). The number of carbonyl (C=O) groups excluding carboxylic acids is 2. The summed E-state index contributed by atoms with van der Waals surface area (Å²) >= 11 is 0. The van der Waals surface area contributed by atoms with E-state index in [1.807, 2.05) is 30.5 Å². The van der Waals surface area contributed by atoms with Crippen LogP contribution in [-0.4, -0.2) is 46.8 Å². The van der Waals surface area contributed by atoms with Crippen LogP contribution in [0.15, 0.2) is 41.3 Å². The van der Waals surface area contributed by atoms with Gasteiger partial charge in [-0.2, -0.15) is 0 Å². The Hall–Kier alpha value is -4.13. The highest BCUT2D eigenvalue weighted by molar-refractivity contribution is 6.70. The van der Waals surface area contributed by atoms with Crippen LogP contribution >= 0.6 is 0 Å². The smallest absolute Gasteiger partial charge is 0.238 e. The van der Waals surface area contributed by atoms with Gasteiger partial charge < -0.3 is 19.9 Å². The first-order chi connectivity index (χ1) is 19.9. The summed E-state index contributed by atoms with van der Waals surface area (Å²) in [6.07, 6.45) is 5.58. The van der Waals surface area contributed by atoms with Gasteiger partial charge in [-0.3, -0.25) is 14.6 Å². The number of rotatable bonds is 3. The summed E-state index contributed by atoms with van der Waals surface area (Å²) in [6, 6.07) is 6.51. The lowest BCUT2D eigenvalue weighted by molar-refractivity contribution is -0.129. The first-order valence-corrected chi connectivity index (χ1v) is 15.0. The zero-order valence-corrected chi connectivity index (χ0v) is 25.6. The second-order valence-electron chi connectivity index (χ2n) is 13.2. The number of nitrogens with zero attached hydrogens (tertiary/aromatic N) is 3. The van der Waals surface area contributed by atoms with Gasteiger partial charge in [0.1, 0.15) is 5.76 Å². The van der Waals surface area contributed by atoms with Gasteiger partial charge in [0, 0.05) is 70.1 Å². The zero-order chi connectivity index (χ0) is 30.0. The molecule has 2 unspecified atom stereocenters. The molecule has 0 bridgehead atoms. The predicted octanol–water partition coefficient (Wildman–Crippen LogP) is 5.06. The summed E-state index contributed by atoms with van der Waals surface area (Å²) in [5.74, 6) is -1.64. The number of aliphatic hydroxyl groups excluding tert-OH is 1. The number of likely N-dealkylation sites (N-methyl/N-ethyl adjacent to an activating group) is 2. The van der Waals surface area contributed by atoms with Gasteiger partial charge in [0.05, 0.1) is 33.4 Å². The number of ketones is 2. The molecule has 4 aliphatic rings. The summed E-state index contributed by atoms with van der Waals surface area (Å²) in [5, 5.41) is 14.0. The number of nitrogens with one attached hydrogen (secondary N) is 1. The first-order valence-electron chi connectivity index (χ1n) is 15.0. The third-order valence-corrected chi connectivity index (χ3v) is 10.9. The van der Waals surface area contributed by atoms with E-state index in [0.29, 0.717) is 16.1 Å². The van der Waals surface area contributed by atoms with Crippen molar-refractivity contribution in [2.45, 2.75) is 78.3 Å². The number of Topliss-reactive ketones (excluding diaryl/α,β-unsaturated/α-hetero) is 2. The van der Waals surface area contributed by atoms with Crippen molar-refractivity contribution in [3.8, 4) is 0 Å². The Balaban J connectivity index is 1.55. The molecule has 4 heterocycles. The van der Waals surface area contributed by atoms with Gasteiger partial charge in [-0.05, 0) is 63.1 Å². The molecule has 0 radical (unpaired) electrons. The Morgan fingerprint density at radius 3 is 2.14 bits per heavy atom. The highest BCUT2D eigenvalue weighted by atomic mass is 16.3. The minimum atomic E-state index is -0.689. The van der Waals surface area contributed by atoms with Crippen LogP contribution in [0.3, 0.4) is 0 Å². The van der Waals surface area contributed by atoms with E-state index in [0.717, 1.165) is 52.1 Å². The molecule has 0 fully saturated rings. The molecule has 1 aliphatic carbocycles. The van der Waals surface area contributed by atoms with E-state index in [2.05, 4.69) is 75.2 Å². The largest absolute Gasteiger partial charge is 0.506 e. The lowest BCUT2D eigenvalue weighted by Gasteiger charge is -2.30. The summed E-state index contributed by atoms with van der Waals surface area (Å²) in [5.41, 5.74) is 6.44. The zero-order valence-electron chi connectivity index (χ0n) is 25.6. The highest BCUT2D eigenvalue weighted by Gasteiger charge is 2.47. The molecule has 1 aromatic heterocycles. The quantitative estimate of drug-likeness (QED) is 0.436. The van der Waals surface area contributed by atoms with Gasteiger partial charge in [0.15, 0.2) is 0 Å². The molecule has 2 aromatic carbocycles. The van der Waals surface area contributed by atoms with Crippen molar-refractivity contribution in [3.05, 3.63) is 69.2 Å². The predicted molar refractivity (Wildman–Crippen MR) is 169 cm³/mol. The minimum Gasteiger partial charge on any atom is -0.506 e. The topological polar surface area (TPSA) is 89.0 Å². The SMILES string of the molecule is CCN1c2c(c/c(=C3\C(=O)C(=O)C(c4cc5c(c6cc[nH]c46)N(CC)C(C)C5(C)C)=C3O)c3c2C=CN=3)C(C)(C)C1C. The normalized spacial score (nSPS) is 24.7. The standard InChI is InChI=1S/C35H38N4O3/c1-9-38-17(3)34(5,6)23-15-21(27-19(29(23)38)11-13-36-27)25-31(40)26(33(42)32(25)41)22-16-24-30(20-12-14-37-28(20)22)39(10-2)18(4)35(24,7)8/h11-18,36,40H,9-10H2,1-8H3/b26-22+. The molecule has 3 aromatic rings. The molecule has 3 aliphatic heterocycles. The van der Waals surface area contributed by atoms with Gasteiger partial charge >= 0.3 is 0 Å². The van der Waals surface area contributed by atoms with Crippen molar-refractivity contribution in [3.63, 3.8) is 0 Å².